The topological polar surface area (TPSA) is 113 Å². The summed E-state index contributed by atoms with van der Waals surface area (Å²) < 4.78 is 34.0. The Morgan fingerprint density at radius 1 is 1.21 bits per heavy atom. The summed E-state index contributed by atoms with van der Waals surface area (Å²) in [6.07, 6.45) is 2.68. The van der Waals surface area contributed by atoms with Crippen molar-refractivity contribution >= 4 is 21.8 Å². The highest BCUT2D eigenvalue weighted by atomic mass is 32.2. The minimum Gasteiger partial charge on any atom is -0.469 e. The van der Waals surface area contributed by atoms with E-state index < -0.39 is 15.0 Å². The highest BCUT2D eigenvalue weighted by Gasteiger charge is 2.28. The van der Waals surface area contributed by atoms with Gasteiger partial charge in [0.1, 0.15) is 0 Å². The molecule has 0 aliphatic heterocycles. The molecule has 1 aromatic carbocycles. The Bertz CT molecular complexity index is 691. The summed E-state index contributed by atoms with van der Waals surface area (Å²) in [4.78, 5) is 21.3. The Balaban J connectivity index is 1.89. The van der Waals surface area contributed by atoms with E-state index in [2.05, 4.69) is 0 Å². The summed E-state index contributed by atoms with van der Waals surface area (Å²) in [6.45, 7) is 0.0349. The van der Waals surface area contributed by atoms with Gasteiger partial charge in [0.05, 0.1) is 29.5 Å². The summed E-state index contributed by atoms with van der Waals surface area (Å²) in [5, 5.41) is 10.6. The molecule has 9 heteroatoms. The second kappa shape index (κ2) is 7.71. The van der Waals surface area contributed by atoms with Crippen LogP contribution in [0.5, 0.6) is 0 Å². The highest BCUT2D eigenvalue weighted by molar-refractivity contribution is 7.86. The summed E-state index contributed by atoms with van der Waals surface area (Å²) in [7, 11) is -2.60. The Hall–Kier alpha value is -2.00. The van der Waals surface area contributed by atoms with E-state index in [1.165, 1.54) is 7.11 Å². The molecule has 8 nitrogen and oxygen atoms in total. The number of nitrogens with zero attached hydrogens (tertiary/aromatic N) is 1. The van der Waals surface area contributed by atoms with Crippen molar-refractivity contribution in [3.8, 4) is 0 Å². The molecule has 0 spiro atoms. The van der Waals surface area contributed by atoms with E-state index in [0.717, 1.165) is 24.3 Å². The molecule has 0 aromatic heterocycles. The minimum absolute atomic E-state index is 0.0349. The Morgan fingerprint density at radius 3 is 2.29 bits per heavy atom. The van der Waals surface area contributed by atoms with Crippen LogP contribution in [0, 0.1) is 22.0 Å². The molecule has 1 aliphatic rings. The number of nitro groups is 1. The smallest absolute Gasteiger partial charge is 0.308 e. The Kier molecular flexibility index (Phi) is 5.89. The quantitative estimate of drug-likeness (QED) is 0.332. The van der Waals surface area contributed by atoms with E-state index in [1.54, 1.807) is 0 Å². The fourth-order valence-corrected chi connectivity index (χ4v) is 3.70. The lowest BCUT2D eigenvalue weighted by Gasteiger charge is -2.26. The molecule has 1 fully saturated rings. The van der Waals surface area contributed by atoms with Crippen molar-refractivity contribution in [3.63, 3.8) is 0 Å². The van der Waals surface area contributed by atoms with E-state index in [1.807, 2.05) is 0 Å². The second-order valence-electron chi connectivity index (χ2n) is 5.73. The normalized spacial score (nSPS) is 21.2. The Labute approximate surface area is 140 Å². The van der Waals surface area contributed by atoms with Gasteiger partial charge in [-0.25, -0.2) is 0 Å². The molecule has 0 heterocycles. The third-order valence-corrected chi connectivity index (χ3v) is 5.47. The molecular formula is C15H19NO7S. The SMILES string of the molecule is COC(=O)C1CCC(COS(=O)(=O)c2ccc([N+](=O)[O-])cc2)CC1. The molecule has 0 saturated heterocycles. The number of benzene rings is 1. The van der Waals surface area contributed by atoms with Crippen LogP contribution >= 0.6 is 0 Å². The number of hydrogen-bond acceptors (Lipinski definition) is 7. The first-order valence-corrected chi connectivity index (χ1v) is 8.96. The lowest BCUT2D eigenvalue weighted by Crippen LogP contribution is -2.25. The summed E-state index contributed by atoms with van der Waals surface area (Å²) in [5.74, 6) is -0.302. The van der Waals surface area contributed by atoms with Gasteiger partial charge in [0.15, 0.2) is 0 Å². The van der Waals surface area contributed by atoms with Gasteiger partial charge in [-0.1, -0.05) is 0 Å². The first-order valence-electron chi connectivity index (χ1n) is 7.55. The average molecular weight is 357 g/mol. The molecule has 0 N–H and O–H groups in total. The Morgan fingerprint density at radius 2 is 1.79 bits per heavy atom. The van der Waals surface area contributed by atoms with Crippen LogP contribution in [0.4, 0.5) is 5.69 Å². The number of esters is 1. The zero-order valence-corrected chi connectivity index (χ0v) is 14.0. The molecule has 2 rings (SSSR count). The van der Waals surface area contributed by atoms with Gasteiger partial charge >= 0.3 is 5.97 Å². The van der Waals surface area contributed by atoms with Crippen molar-refractivity contribution in [2.75, 3.05) is 13.7 Å². The maximum absolute atomic E-state index is 12.1. The molecule has 132 valence electrons. The van der Waals surface area contributed by atoms with Crippen LogP contribution in [0.15, 0.2) is 29.2 Å². The molecule has 1 aliphatic carbocycles. The molecule has 0 atom stereocenters. The number of hydrogen-bond donors (Lipinski definition) is 0. The average Bonchev–Trinajstić information content (AvgIpc) is 2.60. The van der Waals surface area contributed by atoms with Gasteiger partial charge in [0.25, 0.3) is 15.8 Å². The van der Waals surface area contributed by atoms with Crippen LogP contribution in [0.1, 0.15) is 25.7 Å². The van der Waals surface area contributed by atoms with Gasteiger partial charge in [-0.3, -0.25) is 19.1 Å². The van der Waals surface area contributed by atoms with Crippen LogP contribution in [0.2, 0.25) is 0 Å². The van der Waals surface area contributed by atoms with E-state index in [0.29, 0.717) is 25.7 Å². The van der Waals surface area contributed by atoms with Crippen molar-refractivity contribution in [2.45, 2.75) is 30.6 Å². The molecule has 0 radical (unpaired) electrons. The molecule has 1 saturated carbocycles. The number of methoxy groups -OCH3 is 1. The molecule has 1 aromatic rings. The standard InChI is InChI=1S/C15H19NO7S/c1-22-15(17)12-4-2-11(3-5-12)10-23-24(20,21)14-8-6-13(7-9-14)16(18)19/h6-9,11-12H,2-5,10H2,1H3. The number of carbonyl (C=O) groups excluding carboxylic acids is 1. The maximum Gasteiger partial charge on any atom is 0.308 e. The number of nitro benzene ring substituents is 1. The van der Waals surface area contributed by atoms with E-state index >= 15 is 0 Å². The van der Waals surface area contributed by atoms with Crippen LogP contribution < -0.4 is 0 Å². The van der Waals surface area contributed by atoms with Crippen LogP contribution in [0.25, 0.3) is 0 Å². The summed E-state index contributed by atoms with van der Waals surface area (Å²) >= 11 is 0. The van der Waals surface area contributed by atoms with Gasteiger partial charge < -0.3 is 4.74 Å². The lowest BCUT2D eigenvalue weighted by molar-refractivity contribution is -0.384. The van der Waals surface area contributed by atoms with Crippen molar-refractivity contribution in [1.29, 1.82) is 0 Å². The second-order valence-corrected chi connectivity index (χ2v) is 7.35. The largest absolute Gasteiger partial charge is 0.469 e. The molecule has 0 bridgehead atoms. The first-order chi connectivity index (χ1) is 11.3. The maximum atomic E-state index is 12.1. The van der Waals surface area contributed by atoms with Gasteiger partial charge in [0, 0.05) is 12.1 Å². The predicted octanol–water partition coefficient (Wildman–Crippen LogP) is 2.28. The number of rotatable bonds is 6. The third-order valence-electron chi connectivity index (χ3n) is 4.18. The van der Waals surface area contributed by atoms with Gasteiger partial charge in [-0.15, -0.1) is 0 Å². The van der Waals surface area contributed by atoms with Gasteiger partial charge in [0.2, 0.25) is 0 Å². The summed E-state index contributed by atoms with van der Waals surface area (Å²) in [5.41, 5.74) is -0.185. The van der Waals surface area contributed by atoms with Crippen molar-refractivity contribution in [1.82, 2.24) is 0 Å². The van der Waals surface area contributed by atoms with Crippen molar-refractivity contribution in [2.24, 2.45) is 11.8 Å². The molecular weight excluding hydrogens is 338 g/mol. The van der Waals surface area contributed by atoms with Crippen molar-refractivity contribution < 1.29 is 27.1 Å². The minimum atomic E-state index is -3.95. The van der Waals surface area contributed by atoms with E-state index in [9.17, 15) is 23.3 Å². The fraction of sp³-hybridized carbons (Fsp3) is 0.533. The van der Waals surface area contributed by atoms with Crippen LogP contribution in [-0.2, 0) is 23.8 Å². The first kappa shape index (κ1) is 18.3. The third kappa shape index (κ3) is 4.51. The monoisotopic (exact) mass is 357 g/mol. The highest BCUT2D eigenvalue weighted by Crippen LogP contribution is 2.30. The van der Waals surface area contributed by atoms with Crippen molar-refractivity contribution in [3.05, 3.63) is 34.4 Å². The zero-order valence-electron chi connectivity index (χ0n) is 13.2. The fourth-order valence-electron chi connectivity index (χ4n) is 2.72. The van der Waals surface area contributed by atoms with E-state index in [4.69, 9.17) is 8.92 Å². The zero-order chi connectivity index (χ0) is 17.7. The van der Waals surface area contributed by atoms with Crippen LogP contribution in [-0.4, -0.2) is 33.0 Å². The molecule has 0 unspecified atom stereocenters. The molecule has 0 amide bonds. The number of non-ortho nitro benzene ring substituents is 1. The number of ether oxygens (including phenoxy) is 1. The van der Waals surface area contributed by atoms with Crippen LogP contribution in [0.3, 0.4) is 0 Å². The molecule has 24 heavy (non-hydrogen) atoms. The van der Waals surface area contributed by atoms with Gasteiger partial charge in [-0.05, 0) is 43.7 Å². The lowest BCUT2D eigenvalue weighted by atomic mass is 9.82. The van der Waals surface area contributed by atoms with Gasteiger partial charge in [-0.2, -0.15) is 8.42 Å². The van der Waals surface area contributed by atoms with E-state index in [-0.39, 0.29) is 35.0 Å². The summed E-state index contributed by atoms with van der Waals surface area (Å²) in [6, 6.07) is 4.55. The number of carbonyl (C=O) groups is 1. The predicted molar refractivity (Wildman–Crippen MR) is 83.7 cm³/mol.